The lowest BCUT2D eigenvalue weighted by Gasteiger charge is -2.19. The first-order chi connectivity index (χ1) is 11.2. The molecule has 0 saturated heterocycles. The number of benzene rings is 1. The lowest BCUT2D eigenvalue weighted by Crippen LogP contribution is -2.24. The van der Waals surface area contributed by atoms with Crippen LogP contribution in [0.25, 0.3) is 0 Å². The van der Waals surface area contributed by atoms with Crippen molar-refractivity contribution in [3.05, 3.63) is 30.0 Å². The summed E-state index contributed by atoms with van der Waals surface area (Å²) in [5.74, 6) is 2.47. The Morgan fingerprint density at radius 3 is 2.78 bits per heavy atom. The highest BCUT2D eigenvalue weighted by Gasteiger charge is 2.20. The number of rotatable bonds is 5. The van der Waals surface area contributed by atoms with E-state index in [1.807, 2.05) is 25.1 Å². The summed E-state index contributed by atoms with van der Waals surface area (Å²) in [6.07, 6.45) is 0.696. The summed E-state index contributed by atoms with van der Waals surface area (Å²) in [5, 5.41) is 6.33. The first-order valence-corrected chi connectivity index (χ1v) is 8.34. The van der Waals surface area contributed by atoms with Crippen LogP contribution in [0.2, 0.25) is 0 Å². The molecular formula is C16H18N2O4S. The van der Waals surface area contributed by atoms with Crippen molar-refractivity contribution in [1.29, 1.82) is 0 Å². The number of amides is 1. The summed E-state index contributed by atoms with van der Waals surface area (Å²) >= 11 is 1.49. The lowest BCUT2D eigenvalue weighted by atomic mass is 10.3. The van der Waals surface area contributed by atoms with Crippen molar-refractivity contribution in [2.45, 2.75) is 30.4 Å². The van der Waals surface area contributed by atoms with E-state index in [1.54, 1.807) is 13.0 Å². The summed E-state index contributed by atoms with van der Waals surface area (Å²) < 4.78 is 16.0. The molecule has 0 bridgehead atoms. The molecule has 0 saturated carbocycles. The predicted molar refractivity (Wildman–Crippen MR) is 87.2 cm³/mol. The van der Waals surface area contributed by atoms with Crippen molar-refractivity contribution in [1.82, 2.24) is 5.16 Å². The molecule has 2 heterocycles. The number of carbonyl (C=O) groups is 1. The zero-order valence-electron chi connectivity index (χ0n) is 13.0. The minimum Gasteiger partial charge on any atom is -0.486 e. The first-order valence-electron chi connectivity index (χ1n) is 7.46. The van der Waals surface area contributed by atoms with Gasteiger partial charge < -0.3 is 19.3 Å². The van der Waals surface area contributed by atoms with Gasteiger partial charge in [0.25, 0.3) is 0 Å². The van der Waals surface area contributed by atoms with Crippen molar-refractivity contribution >= 4 is 23.5 Å². The second-order valence-corrected chi connectivity index (χ2v) is 6.41. The SMILES string of the molecule is CC[C@H](Sc1ccc2c(c1)OCCO2)C(=O)Nc1cc(C)on1. The highest BCUT2D eigenvalue weighted by atomic mass is 32.2. The average molecular weight is 334 g/mol. The van der Waals surface area contributed by atoms with Gasteiger partial charge in [0, 0.05) is 11.0 Å². The van der Waals surface area contributed by atoms with Crippen LogP contribution in [0.15, 0.2) is 33.7 Å². The molecule has 23 heavy (non-hydrogen) atoms. The van der Waals surface area contributed by atoms with E-state index in [0.717, 1.165) is 16.4 Å². The van der Waals surface area contributed by atoms with E-state index >= 15 is 0 Å². The van der Waals surface area contributed by atoms with E-state index in [-0.39, 0.29) is 11.2 Å². The lowest BCUT2D eigenvalue weighted by molar-refractivity contribution is -0.115. The van der Waals surface area contributed by atoms with Crippen LogP contribution in [0.5, 0.6) is 11.5 Å². The zero-order valence-corrected chi connectivity index (χ0v) is 13.8. The molecule has 6 nitrogen and oxygen atoms in total. The number of nitrogens with one attached hydrogen (secondary N) is 1. The smallest absolute Gasteiger partial charge is 0.239 e. The fourth-order valence-electron chi connectivity index (χ4n) is 2.22. The van der Waals surface area contributed by atoms with Gasteiger partial charge >= 0.3 is 0 Å². The summed E-state index contributed by atoms with van der Waals surface area (Å²) in [6.45, 7) is 4.87. The van der Waals surface area contributed by atoms with Gasteiger partial charge in [0.15, 0.2) is 17.3 Å². The van der Waals surface area contributed by atoms with Gasteiger partial charge in [0.05, 0.1) is 5.25 Å². The van der Waals surface area contributed by atoms with Crippen molar-refractivity contribution in [3.63, 3.8) is 0 Å². The monoisotopic (exact) mass is 334 g/mol. The maximum Gasteiger partial charge on any atom is 0.239 e. The number of nitrogens with zero attached hydrogens (tertiary/aromatic N) is 1. The number of aryl methyl sites for hydroxylation is 1. The Kier molecular flexibility index (Phi) is 4.76. The van der Waals surface area contributed by atoms with Gasteiger partial charge in [-0.15, -0.1) is 11.8 Å². The maximum absolute atomic E-state index is 12.4. The molecule has 1 N–H and O–H groups in total. The third kappa shape index (κ3) is 3.79. The van der Waals surface area contributed by atoms with Crippen LogP contribution >= 0.6 is 11.8 Å². The topological polar surface area (TPSA) is 73.6 Å². The van der Waals surface area contributed by atoms with Gasteiger partial charge in [-0.3, -0.25) is 4.79 Å². The van der Waals surface area contributed by atoms with Gasteiger partial charge in [-0.25, -0.2) is 0 Å². The fourth-order valence-corrected chi connectivity index (χ4v) is 3.20. The third-order valence-electron chi connectivity index (χ3n) is 3.33. The van der Waals surface area contributed by atoms with Gasteiger partial charge in [-0.05, 0) is 31.5 Å². The van der Waals surface area contributed by atoms with Gasteiger partial charge in [-0.2, -0.15) is 0 Å². The standard InChI is InChI=1S/C16H18N2O4S/c1-3-14(16(19)17-15-8-10(2)22-18-15)23-11-4-5-12-13(9-11)21-7-6-20-12/h4-5,8-9,14H,3,6-7H2,1-2H3,(H,17,18,19)/t14-/m0/s1. The van der Waals surface area contributed by atoms with E-state index in [0.29, 0.717) is 31.2 Å². The second-order valence-electron chi connectivity index (χ2n) is 5.13. The van der Waals surface area contributed by atoms with Crippen LogP contribution in [0.1, 0.15) is 19.1 Å². The van der Waals surface area contributed by atoms with Gasteiger partial charge in [-0.1, -0.05) is 12.1 Å². The molecule has 1 aliphatic rings. The molecule has 7 heteroatoms. The summed E-state index contributed by atoms with van der Waals surface area (Å²) in [6, 6.07) is 7.42. The molecule has 0 radical (unpaired) electrons. The average Bonchev–Trinajstić information content (AvgIpc) is 2.97. The van der Waals surface area contributed by atoms with E-state index in [9.17, 15) is 4.79 Å². The van der Waals surface area contributed by atoms with E-state index in [1.165, 1.54) is 11.8 Å². The molecule has 0 aliphatic carbocycles. The minimum atomic E-state index is -0.227. The molecule has 1 amide bonds. The van der Waals surface area contributed by atoms with Crippen LogP contribution < -0.4 is 14.8 Å². The molecule has 1 aliphatic heterocycles. The van der Waals surface area contributed by atoms with Crippen molar-refractivity contribution < 1.29 is 18.8 Å². The second kappa shape index (κ2) is 6.95. The first kappa shape index (κ1) is 15.7. The molecule has 0 spiro atoms. The Morgan fingerprint density at radius 2 is 2.09 bits per heavy atom. The molecule has 0 unspecified atom stereocenters. The molecule has 1 atom stereocenters. The summed E-state index contributed by atoms with van der Waals surface area (Å²) in [4.78, 5) is 13.3. The number of hydrogen-bond donors (Lipinski definition) is 1. The Bertz CT molecular complexity index is 701. The Balaban J connectivity index is 1.67. The van der Waals surface area contributed by atoms with Crippen LogP contribution in [-0.2, 0) is 4.79 Å². The number of thioether (sulfide) groups is 1. The summed E-state index contributed by atoms with van der Waals surface area (Å²) in [5.41, 5.74) is 0. The fraction of sp³-hybridized carbons (Fsp3) is 0.375. The number of hydrogen-bond acceptors (Lipinski definition) is 6. The van der Waals surface area contributed by atoms with Gasteiger partial charge in [0.1, 0.15) is 19.0 Å². The van der Waals surface area contributed by atoms with Crippen LogP contribution in [0, 0.1) is 6.92 Å². The van der Waals surface area contributed by atoms with E-state index < -0.39 is 0 Å². The van der Waals surface area contributed by atoms with Crippen LogP contribution in [0.4, 0.5) is 5.82 Å². The summed E-state index contributed by atoms with van der Waals surface area (Å²) in [7, 11) is 0. The van der Waals surface area contributed by atoms with Crippen LogP contribution in [-0.4, -0.2) is 29.5 Å². The number of ether oxygens (including phenoxy) is 2. The zero-order chi connectivity index (χ0) is 16.2. The Labute approximate surface area is 138 Å². The van der Waals surface area contributed by atoms with Crippen molar-refractivity contribution in [2.75, 3.05) is 18.5 Å². The third-order valence-corrected chi connectivity index (χ3v) is 4.69. The number of anilines is 1. The normalized spacial score (nSPS) is 14.3. The number of carbonyl (C=O) groups excluding carboxylic acids is 1. The molecular weight excluding hydrogens is 316 g/mol. The van der Waals surface area contributed by atoms with E-state index in [4.69, 9.17) is 14.0 Å². The molecule has 3 rings (SSSR count). The number of aromatic nitrogens is 1. The molecule has 2 aromatic rings. The quantitative estimate of drug-likeness (QED) is 0.846. The molecule has 0 fully saturated rings. The molecule has 1 aromatic carbocycles. The Morgan fingerprint density at radius 1 is 1.30 bits per heavy atom. The Hall–Kier alpha value is -2.15. The molecule has 122 valence electrons. The van der Waals surface area contributed by atoms with Crippen LogP contribution in [0.3, 0.4) is 0 Å². The number of fused-ring (bicyclic) bond motifs is 1. The van der Waals surface area contributed by atoms with Crippen molar-refractivity contribution in [2.24, 2.45) is 0 Å². The minimum absolute atomic E-state index is 0.0966. The highest BCUT2D eigenvalue weighted by molar-refractivity contribution is 8.00. The largest absolute Gasteiger partial charge is 0.486 e. The van der Waals surface area contributed by atoms with Gasteiger partial charge in [0.2, 0.25) is 5.91 Å². The molecule has 1 aromatic heterocycles. The highest BCUT2D eigenvalue weighted by Crippen LogP contribution is 2.36. The maximum atomic E-state index is 12.4. The predicted octanol–water partition coefficient (Wildman–Crippen LogP) is 3.26. The van der Waals surface area contributed by atoms with Crippen molar-refractivity contribution in [3.8, 4) is 11.5 Å². The van der Waals surface area contributed by atoms with E-state index in [2.05, 4.69) is 10.5 Å².